The van der Waals surface area contributed by atoms with Crippen molar-refractivity contribution in [2.24, 2.45) is 28.5 Å². The SMILES string of the molecule is COc1c(O)ccc2c1C#CCc1cc(c3c(c1OCNC1CCCCC1)OC[C@@H]([C@@H]1CN=C(N)N[C@@H](C(C)C)CSSC1)C3)CC[C@@H](O)CC(=O)CC2. The Morgan fingerprint density at radius 2 is 1.85 bits per heavy atom. The Morgan fingerprint density at radius 1 is 1.04 bits per heavy atom. The first-order valence-corrected chi connectivity index (χ1v) is 22.2. The molecular weight excluding hydrogens is 721 g/mol. The number of aromatic hydroxyl groups is 1. The van der Waals surface area contributed by atoms with Gasteiger partial charge in [0.25, 0.3) is 0 Å². The number of fused-ring (bicyclic) bond motifs is 5. The fraction of sp³-hybridized carbons (Fsp3) is 0.619. The van der Waals surface area contributed by atoms with Crippen LogP contribution in [-0.4, -0.2) is 78.6 Å². The van der Waals surface area contributed by atoms with Gasteiger partial charge < -0.3 is 35.5 Å². The molecule has 2 aromatic carbocycles. The van der Waals surface area contributed by atoms with Crippen molar-refractivity contribution in [1.82, 2.24) is 10.6 Å². The van der Waals surface area contributed by atoms with E-state index in [1.54, 1.807) is 12.1 Å². The number of rotatable bonds is 7. The summed E-state index contributed by atoms with van der Waals surface area (Å²) in [5.41, 5.74) is 10.9. The van der Waals surface area contributed by atoms with Crippen LogP contribution < -0.4 is 30.6 Å². The van der Waals surface area contributed by atoms with Gasteiger partial charge >= 0.3 is 0 Å². The zero-order valence-corrected chi connectivity index (χ0v) is 33.7. The number of aliphatic hydroxyl groups is 1. The van der Waals surface area contributed by atoms with Gasteiger partial charge in [0.15, 0.2) is 29.0 Å². The Hall–Kier alpha value is -3.24. The molecule has 6 rings (SSSR count). The predicted molar refractivity (Wildman–Crippen MR) is 219 cm³/mol. The van der Waals surface area contributed by atoms with Gasteiger partial charge in [-0.05, 0) is 67.6 Å². The monoisotopic (exact) mass is 778 g/mol. The van der Waals surface area contributed by atoms with E-state index >= 15 is 0 Å². The Labute approximate surface area is 328 Å². The van der Waals surface area contributed by atoms with Crippen LogP contribution in [0.5, 0.6) is 23.0 Å². The van der Waals surface area contributed by atoms with E-state index in [9.17, 15) is 15.0 Å². The Kier molecular flexibility index (Phi) is 14.6. The van der Waals surface area contributed by atoms with Gasteiger partial charge in [0.1, 0.15) is 12.5 Å². The van der Waals surface area contributed by atoms with Gasteiger partial charge in [0.05, 0.1) is 25.4 Å². The van der Waals surface area contributed by atoms with Crippen molar-refractivity contribution < 1.29 is 29.2 Å². The van der Waals surface area contributed by atoms with Crippen molar-refractivity contribution in [1.29, 1.82) is 0 Å². The van der Waals surface area contributed by atoms with Crippen molar-refractivity contribution in [3.05, 3.63) is 46.0 Å². The van der Waals surface area contributed by atoms with Crippen LogP contribution >= 0.6 is 21.6 Å². The van der Waals surface area contributed by atoms with Gasteiger partial charge in [-0.15, -0.1) is 0 Å². The number of phenols is 1. The van der Waals surface area contributed by atoms with E-state index in [0.29, 0.717) is 80.5 Å². The van der Waals surface area contributed by atoms with Gasteiger partial charge in [0, 0.05) is 66.4 Å². The highest BCUT2D eigenvalue weighted by atomic mass is 33.1. The molecule has 10 nitrogen and oxygen atoms in total. The molecule has 2 aliphatic heterocycles. The molecule has 0 spiro atoms. The lowest BCUT2D eigenvalue weighted by Crippen LogP contribution is -2.45. The molecule has 1 fully saturated rings. The lowest BCUT2D eigenvalue weighted by molar-refractivity contribution is -0.121. The van der Waals surface area contributed by atoms with Crippen LogP contribution in [0.25, 0.3) is 0 Å². The minimum absolute atomic E-state index is 0.00102. The fourth-order valence-corrected chi connectivity index (χ4v) is 10.8. The molecule has 2 bridgehead atoms. The van der Waals surface area contributed by atoms with Crippen molar-refractivity contribution in [3.63, 3.8) is 0 Å². The molecule has 54 heavy (non-hydrogen) atoms. The molecule has 294 valence electrons. The molecule has 4 atom stereocenters. The van der Waals surface area contributed by atoms with Gasteiger partial charge in [-0.1, -0.05) is 78.7 Å². The molecular formula is C42H58N4O6S2. The molecule has 12 heteroatoms. The summed E-state index contributed by atoms with van der Waals surface area (Å²) in [4.78, 5) is 17.9. The third-order valence-electron chi connectivity index (χ3n) is 11.3. The maximum Gasteiger partial charge on any atom is 0.188 e. The van der Waals surface area contributed by atoms with Crippen molar-refractivity contribution in [3.8, 4) is 34.8 Å². The van der Waals surface area contributed by atoms with Gasteiger partial charge in [0.2, 0.25) is 0 Å². The zero-order chi connectivity index (χ0) is 38.0. The fourth-order valence-electron chi connectivity index (χ4n) is 7.94. The summed E-state index contributed by atoms with van der Waals surface area (Å²) in [7, 11) is 5.30. The molecule has 0 amide bonds. The average Bonchev–Trinajstić information content (AvgIpc) is 3.17. The molecule has 4 aliphatic rings. The lowest BCUT2D eigenvalue weighted by atomic mass is 9.82. The third kappa shape index (κ3) is 10.5. The Bertz CT molecular complexity index is 1700. The number of nitrogens with one attached hydrogen (secondary N) is 2. The highest BCUT2D eigenvalue weighted by Gasteiger charge is 2.33. The minimum Gasteiger partial charge on any atom is -0.504 e. The topological polar surface area (TPSA) is 148 Å². The normalized spacial score (nSPS) is 24.5. The van der Waals surface area contributed by atoms with E-state index < -0.39 is 6.10 Å². The molecule has 2 aliphatic carbocycles. The highest BCUT2D eigenvalue weighted by Crippen LogP contribution is 2.45. The summed E-state index contributed by atoms with van der Waals surface area (Å²) in [5.74, 6) is 11.7. The number of aliphatic hydroxyl groups excluding tert-OH is 1. The first kappa shape index (κ1) is 40.4. The molecule has 0 radical (unpaired) electrons. The lowest BCUT2D eigenvalue weighted by Gasteiger charge is -2.34. The largest absolute Gasteiger partial charge is 0.504 e. The smallest absolute Gasteiger partial charge is 0.188 e. The summed E-state index contributed by atoms with van der Waals surface area (Å²) in [6, 6.07) is 6.25. The van der Waals surface area contributed by atoms with Crippen LogP contribution in [0.1, 0.15) is 93.0 Å². The number of ketones is 1. The average molecular weight is 779 g/mol. The van der Waals surface area contributed by atoms with Crippen LogP contribution in [0.4, 0.5) is 0 Å². The second-order valence-electron chi connectivity index (χ2n) is 15.6. The van der Waals surface area contributed by atoms with Crippen LogP contribution in [0, 0.1) is 29.6 Å². The van der Waals surface area contributed by atoms with Crippen LogP contribution in [0.2, 0.25) is 0 Å². The molecule has 0 unspecified atom stereocenters. The number of aryl methyl sites for hydroxylation is 2. The van der Waals surface area contributed by atoms with Crippen molar-refractivity contribution in [2.75, 3.05) is 38.5 Å². The minimum atomic E-state index is -0.770. The Morgan fingerprint density at radius 3 is 2.65 bits per heavy atom. The number of hydrogen-bond donors (Lipinski definition) is 5. The molecule has 2 heterocycles. The maximum atomic E-state index is 13.1. The second-order valence-corrected chi connectivity index (χ2v) is 18.1. The molecule has 6 N–H and O–H groups in total. The third-order valence-corrected chi connectivity index (χ3v) is 13.9. The number of benzene rings is 2. The van der Waals surface area contributed by atoms with Crippen LogP contribution in [0.15, 0.2) is 23.2 Å². The molecule has 1 saturated carbocycles. The van der Waals surface area contributed by atoms with Crippen LogP contribution in [-0.2, 0) is 30.5 Å². The summed E-state index contributed by atoms with van der Waals surface area (Å²) in [6.07, 6.45) is 8.26. The number of carbonyl (C=O) groups excluding carboxylic acids is 1. The van der Waals surface area contributed by atoms with Gasteiger partial charge in [-0.3, -0.25) is 15.1 Å². The summed E-state index contributed by atoms with van der Waals surface area (Å²) in [6.45, 7) is 5.92. The van der Waals surface area contributed by atoms with E-state index in [1.165, 1.54) is 26.4 Å². The Balaban J connectivity index is 1.35. The number of nitrogens with two attached hydrogens (primary N) is 1. The summed E-state index contributed by atoms with van der Waals surface area (Å²) >= 11 is 0. The maximum absolute atomic E-state index is 13.1. The number of nitrogens with zero attached hydrogens (tertiary/aromatic N) is 1. The van der Waals surface area contributed by atoms with E-state index in [2.05, 4.69) is 42.4 Å². The number of phenolic OH excluding ortho intramolecular Hbond substituents is 1. The number of hydrogen-bond acceptors (Lipinski definition) is 12. The summed E-state index contributed by atoms with van der Waals surface area (Å²) < 4.78 is 19.0. The molecule has 2 aromatic rings. The standard InChI is InChI=1S/C42H58N4O6S2/c1-26(2)37-24-54-53-23-31(21-44-42(43)46-37)30-19-36-28-13-16-34(48)20-33(47)15-12-27-14-17-38(49)40(50-3)35(27)11-7-8-29(18-28)39(41(36)51-22-30)52-25-45-32-9-5-4-6-10-32/h14,17-18,26,30-32,34,37,45,48-49H,4-6,8-10,12-13,15-16,19-25H2,1-3H3,(H3,43,44,46)/t30-,31+,34+,37+/m0/s1. The van der Waals surface area contributed by atoms with E-state index in [-0.39, 0.29) is 42.3 Å². The number of carbonyl (C=O) groups is 1. The molecule has 0 saturated heterocycles. The number of methoxy groups -OCH3 is 1. The van der Waals surface area contributed by atoms with Crippen molar-refractivity contribution >= 4 is 33.3 Å². The number of aliphatic imine (C=N–C) groups is 1. The second kappa shape index (κ2) is 19.6. The summed E-state index contributed by atoms with van der Waals surface area (Å²) in [5, 5.41) is 28.8. The van der Waals surface area contributed by atoms with E-state index in [1.807, 2.05) is 21.6 Å². The molecule has 0 aromatic heterocycles. The predicted octanol–water partition coefficient (Wildman–Crippen LogP) is 5.94. The highest BCUT2D eigenvalue weighted by molar-refractivity contribution is 8.76. The zero-order valence-electron chi connectivity index (χ0n) is 32.1. The van der Waals surface area contributed by atoms with E-state index in [4.69, 9.17) is 24.9 Å². The first-order valence-electron chi connectivity index (χ1n) is 19.7. The number of ether oxygens (including phenoxy) is 3. The van der Waals surface area contributed by atoms with Crippen LogP contribution in [0.3, 0.4) is 0 Å². The number of guanidine groups is 1. The quantitative estimate of drug-likeness (QED) is 0.129. The first-order chi connectivity index (χ1) is 26.2. The van der Waals surface area contributed by atoms with E-state index in [0.717, 1.165) is 58.8 Å². The number of Topliss-reactive ketones (excluding diaryl/α,β-unsaturated/α-hetero) is 1. The van der Waals surface area contributed by atoms with Crippen molar-refractivity contribution in [2.45, 2.75) is 109 Å². The van der Waals surface area contributed by atoms with Gasteiger partial charge in [-0.2, -0.15) is 0 Å². The van der Waals surface area contributed by atoms with Gasteiger partial charge in [-0.25, -0.2) is 0 Å².